The van der Waals surface area contributed by atoms with Gasteiger partial charge in [0.1, 0.15) is 0 Å². The van der Waals surface area contributed by atoms with Gasteiger partial charge < -0.3 is 10.1 Å². The number of nitrogens with one attached hydrogen (secondary N) is 1. The van der Waals surface area contributed by atoms with Crippen LogP contribution in [0.15, 0.2) is 36.4 Å². The number of carbonyl (C=O) groups excluding carboxylic acids is 2. The van der Waals surface area contributed by atoms with Gasteiger partial charge >= 0.3 is 5.97 Å². The van der Waals surface area contributed by atoms with Crippen molar-refractivity contribution in [1.29, 1.82) is 0 Å². The average Bonchev–Trinajstić information content (AvgIpc) is 2.32. The van der Waals surface area contributed by atoms with Gasteiger partial charge in [0.05, 0.1) is 0 Å². The second-order valence-electron chi connectivity index (χ2n) is 3.93. The van der Waals surface area contributed by atoms with E-state index in [1.165, 1.54) is 13.0 Å². The number of rotatable bonds is 4. The van der Waals surface area contributed by atoms with Crippen molar-refractivity contribution in [2.24, 2.45) is 0 Å². The first kappa shape index (κ1) is 14.0. The van der Waals surface area contributed by atoms with E-state index in [1.54, 1.807) is 25.1 Å². The molecule has 0 radical (unpaired) electrons. The maximum Gasteiger partial charge on any atom is 0.331 e. The van der Waals surface area contributed by atoms with Gasteiger partial charge in [0.15, 0.2) is 6.10 Å². The van der Waals surface area contributed by atoms with Crippen molar-refractivity contribution in [3.63, 3.8) is 0 Å². The van der Waals surface area contributed by atoms with E-state index in [2.05, 4.69) is 5.32 Å². The minimum atomic E-state index is -0.824. The minimum absolute atomic E-state index is 0.350. The van der Waals surface area contributed by atoms with Gasteiger partial charge in [-0.05, 0) is 32.9 Å². The predicted molar refractivity (Wildman–Crippen MR) is 70.2 cm³/mol. The molecular formula is C14H17NO3. The summed E-state index contributed by atoms with van der Waals surface area (Å²) < 4.78 is 4.91. The largest absolute Gasteiger partial charge is 0.449 e. The zero-order valence-corrected chi connectivity index (χ0v) is 10.8. The van der Waals surface area contributed by atoms with Gasteiger partial charge in [0, 0.05) is 11.8 Å². The number of hydrogen-bond donors (Lipinski definition) is 1. The van der Waals surface area contributed by atoms with Crippen molar-refractivity contribution in [2.75, 3.05) is 5.32 Å². The fraction of sp³-hybridized carbons (Fsp3) is 0.286. The Kier molecular flexibility index (Phi) is 5.11. The first-order valence-electron chi connectivity index (χ1n) is 5.73. The smallest absolute Gasteiger partial charge is 0.331 e. The highest BCUT2D eigenvalue weighted by molar-refractivity contribution is 5.95. The van der Waals surface area contributed by atoms with Crippen LogP contribution in [-0.4, -0.2) is 18.0 Å². The van der Waals surface area contributed by atoms with Gasteiger partial charge in [-0.3, -0.25) is 4.79 Å². The Morgan fingerprint density at radius 1 is 1.28 bits per heavy atom. The number of ether oxygens (including phenoxy) is 1. The van der Waals surface area contributed by atoms with Gasteiger partial charge in [-0.1, -0.05) is 23.8 Å². The molecule has 4 heteroatoms. The van der Waals surface area contributed by atoms with Gasteiger partial charge in [-0.2, -0.15) is 0 Å². The molecule has 1 atom stereocenters. The number of carbonyl (C=O) groups is 2. The second kappa shape index (κ2) is 6.59. The van der Waals surface area contributed by atoms with Crippen LogP contribution in [-0.2, 0) is 14.3 Å². The van der Waals surface area contributed by atoms with Crippen LogP contribution in [0.4, 0.5) is 5.69 Å². The van der Waals surface area contributed by atoms with Gasteiger partial charge in [0.25, 0.3) is 5.91 Å². The number of benzene rings is 1. The topological polar surface area (TPSA) is 55.4 Å². The van der Waals surface area contributed by atoms with E-state index in [0.29, 0.717) is 5.69 Å². The summed E-state index contributed by atoms with van der Waals surface area (Å²) in [5, 5.41) is 2.68. The van der Waals surface area contributed by atoms with Crippen LogP contribution < -0.4 is 5.32 Å². The second-order valence-corrected chi connectivity index (χ2v) is 3.93. The van der Waals surface area contributed by atoms with Crippen LogP contribution >= 0.6 is 0 Å². The fourth-order valence-corrected chi connectivity index (χ4v) is 1.28. The Hall–Kier alpha value is -2.10. The lowest BCUT2D eigenvalue weighted by Gasteiger charge is -2.12. The third-order valence-corrected chi connectivity index (χ3v) is 2.28. The number of anilines is 1. The Morgan fingerprint density at radius 2 is 1.89 bits per heavy atom. The van der Waals surface area contributed by atoms with Crippen LogP contribution in [0.25, 0.3) is 0 Å². The van der Waals surface area contributed by atoms with E-state index in [9.17, 15) is 9.59 Å². The molecule has 1 aromatic rings. The van der Waals surface area contributed by atoms with Crippen molar-refractivity contribution in [1.82, 2.24) is 0 Å². The van der Waals surface area contributed by atoms with Crippen molar-refractivity contribution in [2.45, 2.75) is 26.9 Å². The summed E-state index contributed by atoms with van der Waals surface area (Å²) in [5.41, 5.74) is 1.79. The number of amides is 1. The first-order valence-corrected chi connectivity index (χ1v) is 5.73. The lowest BCUT2D eigenvalue weighted by atomic mass is 10.2. The van der Waals surface area contributed by atoms with Crippen LogP contribution in [0.3, 0.4) is 0 Å². The highest BCUT2D eigenvalue weighted by atomic mass is 16.5. The fourth-order valence-electron chi connectivity index (χ4n) is 1.28. The van der Waals surface area contributed by atoms with Crippen molar-refractivity contribution in [3.05, 3.63) is 42.0 Å². The van der Waals surface area contributed by atoms with Crippen LogP contribution in [0.2, 0.25) is 0 Å². The quantitative estimate of drug-likeness (QED) is 0.656. The lowest BCUT2D eigenvalue weighted by Crippen LogP contribution is -2.29. The summed E-state index contributed by atoms with van der Waals surface area (Å²) in [5.74, 6) is -0.874. The maximum absolute atomic E-state index is 11.7. The molecule has 1 amide bonds. The molecule has 0 aromatic heterocycles. The molecule has 1 N–H and O–H groups in total. The molecule has 0 aliphatic heterocycles. The van der Waals surface area contributed by atoms with E-state index in [-0.39, 0.29) is 5.91 Å². The summed E-state index contributed by atoms with van der Waals surface area (Å²) >= 11 is 0. The van der Waals surface area contributed by atoms with Crippen LogP contribution in [0, 0.1) is 6.92 Å². The monoisotopic (exact) mass is 247 g/mol. The van der Waals surface area contributed by atoms with Crippen molar-refractivity contribution in [3.8, 4) is 0 Å². The Bertz CT molecular complexity index is 449. The summed E-state index contributed by atoms with van der Waals surface area (Å²) in [6, 6.07) is 7.39. The Labute approximate surface area is 107 Å². The van der Waals surface area contributed by atoms with E-state index in [4.69, 9.17) is 4.74 Å². The SMILES string of the molecule is C/C=C/C(=O)O[C@@H](C)C(=O)Nc1ccc(C)cc1. The molecule has 0 aliphatic carbocycles. The van der Waals surface area contributed by atoms with Gasteiger partial charge in [-0.25, -0.2) is 4.79 Å². The normalized spacial score (nSPS) is 12.2. The number of allylic oxidation sites excluding steroid dienone is 1. The predicted octanol–water partition coefficient (Wildman–Crippen LogP) is 2.44. The summed E-state index contributed by atoms with van der Waals surface area (Å²) in [6.07, 6.45) is 2.01. The maximum atomic E-state index is 11.7. The van der Waals surface area contributed by atoms with Gasteiger partial charge in [-0.15, -0.1) is 0 Å². The van der Waals surface area contributed by atoms with Crippen LogP contribution in [0.1, 0.15) is 19.4 Å². The molecule has 0 heterocycles. The molecule has 0 aliphatic rings. The van der Waals surface area contributed by atoms with Crippen molar-refractivity contribution >= 4 is 17.6 Å². The van der Waals surface area contributed by atoms with Crippen LogP contribution in [0.5, 0.6) is 0 Å². The molecule has 1 aromatic carbocycles. The highest BCUT2D eigenvalue weighted by Crippen LogP contribution is 2.09. The minimum Gasteiger partial charge on any atom is -0.449 e. The average molecular weight is 247 g/mol. The third-order valence-electron chi connectivity index (χ3n) is 2.28. The molecular weight excluding hydrogens is 230 g/mol. The summed E-state index contributed by atoms with van der Waals surface area (Å²) in [4.78, 5) is 22.9. The summed E-state index contributed by atoms with van der Waals surface area (Å²) in [6.45, 7) is 5.20. The van der Waals surface area contributed by atoms with E-state index < -0.39 is 12.1 Å². The molecule has 1 rings (SSSR count). The van der Waals surface area contributed by atoms with E-state index in [1.807, 2.05) is 19.1 Å². The molecule has 18 heavy (non-hydrogen) atoms. The molecule has 0 unspecified atom stereocenters. The number of esters is 1. The number of hydrogen-bond acceptors (Lipinski definition) is 3. The number of aryl methyl sites for hydroxylation is 1. The lowest BCUT2D eigenvalue weighted by molar-refractivity contribution is -0.148. The molecule has 4 nitrogen and oxygen atoms in total. The Morgan fingerprint density at radius 3 is 2.44 bits per heavy atom. The molecule has 96 valence electrons. The first-order chi connectivity index (χ1) is 8.52. The molecule has 0 saturated heterocycles. The molecule has 0 spiro atoms. The van der Waals surface area contributed by atoms with E-state index >= 15 is 0 Å². The summed E-state index contributed by atoms with van der Waals surface area (Å²) in [7, 11) is 0. The van der Waals surface area contributed by atoms with Crippen molar-refractivity contribution < 1.29 is 14.3 Å². The molecule has 0 saturated carbocycles. The third kappa shape index (κ3) is 4.41. The molecule has 0 bridgehead atoms. The highest BCUT2D eigenvalue weighted by Gasteiger charge is 2.16. The van der Waals surface area contributed by atoms with Gasteiger partial charge in [0.2, 0.25) is 0 Å². The van der Waals surface area contributed by atoms with E-state index in [0.717, 1.165) is 5.56 Å². The molecule has 0 fully saturated rings. The zero-order valence-electron chi connectivity index (χ0n) is 10.8. The standard InChI is InChI=1S/C14H17NO3/c1-4-5-13(16)18-11(3)14(17)15-12-8-6-10(2)7-9-12/h4-9,11H,1-3H3,(H,15,17)/b5-4+/t11-/m0/s1. The Balaban J connectivity index is 2.54. The zero-order chi connectivity index (χ0) is 13.5.